The van der Waals surface area contributed by atoms with E-state index in [-0.39, 0.29) is 5.91 Å². The third kappa shape index (κ3) is 3.23. The summed E-state index contributed by atoms with van der Waals surface area (Å²) in [5, 5.41) is 2.85. The van der Waals surface area contributed by atoms with Gasteiger partial charge in [0.2, 0.25) is 5.91 Å². The maximum Gasteiger partial charge on any atom is 0.216 e. The summed E-state index contributed by atoms with van der Waals surface area (Å²) in [7, 11) is 0. The van der Waals surface area contributed by atoms with Crippen LogP contribution < -0.4 is 5.32 Å². The average molecular weight is 220 g/mol. The van der Waals surface area contributed by atoms with Gasteiger partial charge in [-0.2, -0.15) is 0 Å². The van der Waals surface area contributed by atoms with Gasteiger partial charge in [-0.1, -0.05) is 15.9 Å². The fraction of sp³-hybridized carbons (Fsp3) is 0.875. The molecule has 0 aromatic carbocycles. The Kier molecular flexibility index (Phi) is 3.37. The molecule has 1 saturated carbocycles. The van der Waals surface area contributed by atoms with Gasteiger partial charge < -0.3 is 5.32 Å². The van der Waals surface area contributed by atoms with Crippen LogP contribution in [0.4, 0.5) is 0 Å². The lowest BCUT2D eigenvalue weighted by atomic mass is 10.1. The van der Waals surface area contributed by atoms with Crippen LogP contribution in [-0.4, -0.2) is 17.3 Å². The summed E-state index contributed by atoms with van der Waals surface area (Å²) in [5.41, 5.74) is 0. The minimum Gasteiger partial charge on any atom is -0.356 e. The van der Waals surface area contributed by atoms with Gasteiger partial charge in [0.05, 0.1) is 0 Å². The first kappa shape index (κ1) is 9.04. The van der Waals surface area contributed by atoms with E-state index < -0.39 is 0 Å². The molecule has 0 heterocycles. The molecule has 1 rings (SSSR count). The third-order valence-corrected chi connectivity index (χ3v) is 2.95. The normalized spacial score (nSPS) is 30.4. The van der Waals surface area contributed by atoms with Gasteiger partial charge in [-0.25, -0.2) is 0 Å². The van der Waals surface area contributed by atoms with Gasteiger partial charge in [0.1, 0.15) is 0 Å². The Bertz CT molecular complexity index is 149. The number of hydrogen-bond donors (Lipinski definition) is 1. The van der Waals surface area contributed by atoms with Gasteiger partial charge in [-0.3, -0.25) is 4.79 Å². The third-order valence-electron chi connectivity index (χ3n) is 2.12. The summed E-state index contributed by atoms with van der Waals surface area (Å²) < 4.78 is 0. The summed E-state index contributed by atoms with van der Waals surface area (Å²) in [6, 6.07) is 0. The van der Waals surface area contributed by atoms with E-state index in [0.29, 0.717) is 10.7 Å². The molecule has 3 heteroatoms. The lowest BCUT2D eigenvalue weighted by Gasteiger charge is -2.08. The van der Waals surface area contributed by atoms with E-state index in [1.54, 1.807) is 6.92 Å². The lowest BCUT2D eigenvalue weighted by Crippen LogP contribution is -2.25. The van der Waals surface area contributed by atoms with Crippen molar-refractivity contribution in [2.75, 3.05) is 6.54 Å². The molecule has 0 aliphatic heterocycles. The molecule has 2 unspecified atom stereocenters. The van der Waals surface area contributed by atoms with Crippen molar-refractivity contribution in [2.45, 2.75) is 31.0 Å². The molecular formula is C8H14BrNO. The highest BCUT2D eigenvalue weighted by atomic mass is 79.9. The van der Waals surface area contributed by atoms with Crippen LogP contribution in [0, 0.1) is 5.92 Å². The maximum absolute atomic E-state index is 10.6. The van der Waals surface area contributed by atoms with Crippen LogP contribution in [0.15, 0.2) is 0 Å². The van der Waals surface area contributed by atoms with Gasteiger partial charge in [0, 0.05) is 18.3 Å². The largest absolute Gasteiger partial charge is 0.356 e. The number of rotatable bonds is 2. The molecule has 2 atom stereocenters. The van der Waals surface area contributed by atoms with Gasteiger partial charge in [0.15, 0.2) is 0 Å². The molecular weight excluding hydrogens is 206 g/mol. The van der Waals surface area contributed by atoms with E-state index in [4.69, 9.17) is 0 Å². The quantitative estimate of drug-likeness (QED) is 0.705. The van der Waals surface area contributed by atoms with Crippen LogP contribution in [0.3, 0.4) is 0 Å². The van der Waals surface area contributed by atoms with Crippen molar-refractivity contribution in [1.82, 2.24) is 5.32 Å². The maximum atomic E-state index is 10.6. The molecule has 0 aromatic heterocycles. The number of amides is 1. The Labute approximate surface area is 75.9 Å². The second kappa shape index (κ2) is 4.10. The van der Waals surface area contributed by atoms with Crippen LogP contribution in [0.2, 0.25) is 0 Å². The predicted octanol–water partition coefficient (Wildman–Crippen LogP) is 1.69. The van der Waals surface area contributed by atoms with Crippen LogP contribution >= 0.6 is 15.9 Å². The Hall–Kier alpha value is -0.0500. The molecule has 1 fully saturated rings. The number of carbonyl (C=O) groups is 1. The zero-order chi connectivity index (χ0) is 8.27. The zero-order valence-corrected chi connectivity index (χ0v) is 8.36. The molecule has 0 radical (unpaired) electrons. The molecule has 1 aliphatic rings. The van der Waals surface area contributed by atoms with E-state index in [0.717, 1.165) is 6.54 Å². The molecule has 0 spiro atoms. The Morgan fingerprint density at radius 1 is 1.64 bits per heavy atom. The van der Waals surface area contributed by atoms with E-state index in [1.807, 2.05) is 0 Å². The summed E-state index contributed by atoms with van der Waals surface area (Å²) >= 11 is 3.57. The SMILES string of the molecule is CC(=O)NCC1CCC(Br)C1. The van der Waals surface area contributed by atoms with E-state index in [2.05, 4.69) is 21.2 Å². The average Bonchev–Trinajstić information content (AvgIpc) is 2.31. The van der Waals surface area contributed by atoms with Gasteiger partial charge >= 0.3 is 0 Å². The molecule has 11 heavy (non-hydrogen) atoms. The van der Waals surface area contributed by atoms with E-state index >= 15 is 0 Å². The standard InChI is InChI=1S/C8H14BrNO/c1-6(11)10-5-7-2-3-8(9)4-7/h7-8H,2-5H2,1H3,(H,10,11). The fourth-order valence-electron chi connectivity index (χ4n) is 1.49. The first-order chi connectivity index (χ1) is 5.18. The number of nitrogens with one attached hydrogen (secondary N) is 1. The zero-order valence-electron chi connectivity index (χ0n) is 6.77. The molecule has 0 saturated heterocycles. The van der Waals surface area contributed by atoms with E-state index in [9.17, 15) is 4.79 Å². The number of hydrogen-bond acceptors (Lipinski definition) is 1. The highest BCUT2D eigenvalue weighted by Crippen LogP contribution is 2.29. The minimum absolute atomic E-state index is 0.0861. The van der Waals surface area contributed by atoms with Gasteiger partial charge in [-0.05, 0) is 25.2 Å². The van der Waals surface area contributed by atoms with Crippen LogP contribution in [0.25, 0.3) is 0 Å². The Morgan fingerprint density at radius 3 is 2.82 bits per heavy atom. The highest BCUT2D eigenvalue weighted by molar-refractivity contribution is 9.09. The summed E-state index contributed by atoms with van der Waals surface area (Å²) in [6.07, 6.45) is 3.71. The predicted molar refractivity (Wildman–Crippen MR) is 48.7 cm³/mol. The fourth-order valence-corrected chi connectivity index (χ4v) is 2.28. The Morgan fingerprint density at radius 2 is 2.36 bits per heavy atom. The first-order valence-corrected chi connectivity index (χ1v) is 4.98. The summed E-state index contributed by atoms with van der Waals surface area (Å²) in [4.78, 5) is 11.2. The Balaban J connectivity index is 2.13. The van der Waals surface area contributed by atoms with Crippen molar-refractivity contribution in [3.8, 4) is 0 Å². The molecule has 2 nitrogen and oxygen atoms in total. The minimum atomic E-state index is 0.0861. The van der Waals surface area contributed by atoms with Crippen LogP contribution in [-0.2, 0) is 4.79 Å². The number of alkyl halides is 1. The number of halogens is 1. The molecule has 1 amide bonds. The molecule has 1 aliphatic carbocycles. The van der Waals surface area contributed by atoms with Crippen molar-refractivity contribution in [2.24, 2.45) is 5.92 Å². The molecule has 0 aromatic rings. The second-order valence-corrected chi connectivity index (χ2v) is 4.51. The van der Waals surface area contributed by atoms with Crippen molar-refractivity contribution in [3.05, 3.63) is 0 Å². The summed E-state index contributed by atoms with van der Waals surface area (Å²) in [6.45, 7) is 2.43. The summed E-state index contributed by atoms with van der Waals surface area (Å²) in [5.74, 6) is 0.784. The monoisotopic (exact) mass is 219 g/mol. The van der Waals surface area contributed by atoms with Gasteiger partial charge in [0.25, 0.3) is 0 Å². The molecule has 1 N–H and O–H groups in total. The molecule has 0 bridgehead atoms. The topological polar surface area (TPSA) is 29.1 Å². The lowest BCUT2D eigenvalue weighted by molar-refractivity contribution is -0.119. The number of carbonyl (C=O) groups excluding carboxylic acids is 1. The van der Waals surface area contributed by atoms with E-state index in [1.165, 1.54) is 19.3 Å². The van der Waals surface area contributed by atoms with Crippen molar-refractivity contribution < 1.29 is 4.79 Å². The van der Waals surface area contributed by atoms with Gasteiger partial charge in [-0.15, -0.1) is 0 Å². The smallest absolute Gasteiger partial charge is 0.216 e. The van der Waals surface area contributed by atoms with Crippen LogP contribution in [0.1, 0.15) is 26.2 Å². The first-order valence-electron chi connectivity index (χ1n) is 4.07. The highest BCUT2D eigenvalue weighted by Gasteiger charge is 2.21. The molecule has 64 valence electrons. The van der Waals surface area contributed by atoms with Crippen molar-refractivity contribution >= 4 is 21.8 Å². The second-order valence-electron chi connectivity index (χ2n) is 3.21. The van der Waals surface area contributed by atoms with Crippen LogP contribution in [0.5, 0.6) is 0 Å². The van der Waals surface area contributed by atoms with Crippen molar-refractivity contribution in [1.29, 1.82) is 0 Å². The van der Waals surface area contributed by atoms with Crippen molar-refractivity contribution in [3.63, 3.8) is 0 Å².